The van der Waals surface area contributed by atoms with Gasteiger partial charge in [0, 0.05) is 36.8 Å². The Balaban J connectivity index is 0.000000948. The second kappa shape index (κ2) is 7.18. The van der Waals surface area contributed by atoms with Gasteiger partial charge in [0.2, 0.25) is 0 Å². The molecule has 0 spiro atoms. The van der Waals surface area contributed by atoms with Crippen molar-refractivity contribution in [3.05, 3.63) is 54.4 Å². The average molecular weight is 348 g/mol. The van der Waals surface area contributed by atoms with Gasteiger partial charge in [-0.1, -0.05) is 18.2 Å². The van der Waals surface area contributed by atoms with Crippen molar-refractivity contribution in [3.63, 3.8) is 0 Å². The van der Waals surface area contributed by atoms with E-state index in [1.165, 1.54) is 0 Å². The summed E-state index contributed by atoms with van der Waals surface area (Å²) in [5.74, 6) is 0.975. The summed E-state index contributed by atoms with van der Waals surface area (Å²) in [7, 11) is 3.80. The third-order valence-corrected chi connectivity index (χ3v) is 4.20. The number of nitrogens with one attached hydrogen (secondary N) is 1. The summed E-state index contributed by atoms with van der Waals surface area (Å²) < 4.78 is 3.70. The first-order valence-corrected chi connectivity index (χ1v) is 8.09. The van der Waals surface area contributed by atoms with E-state index in [0.717, 1.165) is 39.4 Å². The van der Waals surface area contributed by atoms with Crippen LogP contribution in [0.4, 0.5) is 5.82 Å². The summed E-state index contributed by atoms with van der Waals surface area (Å²) in [6, 6.07) is 12.2. The highest BCUT2D eigenvalue weighted by Crippen LogP contribution is 2.30. The molecule has 7 nitrogen and oxygen atoms in total. The van der Waals surface area contributed by atoms with Gasteiger partial charge >= 0.3 is 0 Å². The summed E-state index contributed by atoms with van der Waals surface area (Å²) >= 11 is 0. The van der Waals surface area contributed by atoms with Crippen LogP contribution in [0.15, 0.2) is 48.8 Å². The van der Waals surface area contributed by atoms with E-state index in [0.29, 0.717) is 0 Å². The van der Waals surface area contributed by atoms with Gasteiger partial charge < -0.3 is 10.1 Å². The molecule has 0 aliphatic rings. The van der Waals surface area contributed by atoms with Crippen LogP contribution in [0.3, 0.4) is 0 Å². The molecular formula is C19H20N6O. The number of rotatable bonds is 3. The molecule has 7 heteroatoms. The molecule has 0 radical (unpaired) electrons. The average Bonchev–Trinajstić information content (AvgIpc) is 3.23. The lowest BCUT2D eigenvalue weighted by atomic mass is 10.1. The number of pyridine rings is 1. The lowest BCUT2D eigenvalue weighted by Crippen LogP contribution is -2.02. The van der Waals surface area contributed by atoms with E-state index < -0.39 is 0 Å². The fourth-order valence-electron chi connectivity index (χ4n) is 2.99. The van der Waals surface area contributed by atoms with Crippen molar-refractivity contribution in [2.45, 2.75) is 6.92 Å². The van der Waals surface area contributed by atoms with Gasteiger partial charge in [-0.15, -0.1) is 0 Å². The van der Waals surface area contributed by atoms with Crippen molar-refractivity contribution >= 4 is 23.6 Å². The van der Waals surface area contributed by atoms with Crippen LogP contribution in [0.25, 0.3) is 28.0 Å². The highest BCUT2D eigenvalue weighted by Gasteiger charge is 2.17. The second-order valence-corrected chi connectivity index (χ2v) is 5.72. The number of benzene rings is 1. The van der Waals surface area contributed by atoms with E-state index in [2.05, 4.69) is 28.4 Å². The number of carbonyl (C=O) groups excluding carboxylic acids is 1. The Bertz CT molecular complexity index is 1040. The van der Waals surface area contributed by atoms with Crippen LogP contribution in [-0.2, 0) is 11.8 Å². The smallest absolute Gasteiger partial charge is 0.157 e. The van der Waals surface area contributed by atoms with Gasteiger partial charge in [0.1, 0.15) is 12.6 Å². The Kier molecular flexibility index (Phi) is 4.79. The molecule has 4 aromatic rings. The number of aromatic nitrogens is 5. The maximum atomic E-state index is 8.00. The molecule has 0 aliphatic heterocycles. The normalized spacial score (nSPS) is 10.4. The zero-order valence-corrected chi connectivity index (χ0v) is 15.0. The van der Waals surface area contributed by atoms with Gasteiger partial charge in [0.15, 0.2) is 5.65 Å². The molecular weight excluding hydrogens is 328 g/mol. The Morgan fingerprint density at radius 2 is 1.85 bits per heavy atom. The number of fused-ring (bicyclic) bond motifs is 1. The molecule has 0 aliphatic carbocycles. The fraction of sp³-hybridized carbons (Fsp3) is 0.158. The zero-order chi connectivity index (χ0) is 18.7. The summed E-state index contributed by atoms with van der Waals surface area (Å²) in [4.78, 5) is 12.5. The summed E-state index contributed by atoms with van der Waals surface area (Å²) in [6.07, 6.45) is 3.68. The lowest BCUT2D eigenvalue weighted by Gasteiger charge is -2.06. The van der Waals surface area contributed by atoms with E-state index in [1.54, 1.807) is 4.68 Å². The fourth-order valence-corrected chi connectivity index (χ4v) is 2.99. The molecule has 26 heavy (non-hydrogen) atoms. The van der Waals surface area contributed by atoms with Gasteiger partial charge in [0.05, 0.1) is 17.6 Å². The third kappa shape index (κ3) is 2.83. The minimum absolute atomic E-state index is 0.868. The van der Waals surface area contributed by atoms with Crippen molar-refractivity contribution in [2.75, 3.05) is 12.4 Å². The largest absolute Gasteiger partial charge is 0.373 e. The standard InChI is InChI=1S/C18H18N6.CH2O/c1-12-16(13-9-14-11-21-23(3)18(14)20-10-13)22-24(17(12)19-2)15-7-5-4-6-8-15;1-2/h4-11,19H,1-3H3;1H2. The number of anilines is 1. The van der Waals surface area contributed by atoms with Crippen LogP contribution in [0.5, 0.6) is 0 Å². The van der Waals surface area contributed by atoms with Crippen molar-refractivity contribution in [1.29, 1.82) is 0 Å². The molecule has 3 aromatic heterocycles. The molecule has 0 unspecified atom stereocenters. The van der Waals surface area contributed by atoms with Crippen LogP contribution in [-0.4, -0.2) is 38.4 Å². The molecule has 4 rings (SSSR count). The molecule has 0 fully saturated rings. The van der Waals surface area contributed by atoms with Crippen molar-refractivity contribution in [1.82, 2.24) is 24.5 Å². The molecule has 1 aromatic carbocycles. The molecule has 132 valence electrons. The number of hydrogen-bond donors (Lipinski definition) is 1. The predicted octanol–water partition coefficient (Wildman–Crippen LogP) is 2.99. The minimum atomic E-state index is 0.868. The molecule has 3 heterocycles. The molecule has 0 atom stereocenters. The van der Waals surface area contributed by atoms with Gasteiger partial charge in [0.25, 0.3) is 0 Å². The highest BCUT2D eigenvalue weighted by atomic mass is 16.1. The van der Waals surface area contributed by atoms with Crippen LogP contribution in [0.2, 0.25) is 0 Å². The van der Waals surface area contributed by atoms with Gasteiger partial charge in [-0.05, 0) is 25.1 Å². The summed E-state index contributed by atoms with van der Waals surface area (Å²) in [5, 5.41) is 13.3. The number of para-hydroxylation sites is 1. The van der Waals surface area contributed by atoms with Crippen LogP contribution >= 0.6 is 0 Å². The Hall–Kier alpha value is -3.48. The van der Waals surface area contributed by atoms with Crippen molar-refractivity contribution in [3.8, 4) is 16.9 Å². The maximum absolute atomic E-state index is 8.00. The zero-order valence-electron chi connectivity index (χ0n) is 15.0. The Labute approximate surface area is 151 Å². The topological polar surface area (TPSA) is 77.6 Å². The van der Waals surface area contributed by atoms with Crippen LogP contribution in [0.1, 0.15) is 5.56 Å². The van der Waals surface area contributed by atoms with Crippen molar-refractivity contribution in [2.24, 2.45) is 7.05 Å². The van der Waals surface area contributed by atoms with Crippen molar-refractivity contribution < 1.29 is 4.79 Å². The molecule has 0 bridgehead atoms. The molecule has 0 saturated carbocycles. The van der Waals surface area contributed by atoms with E-state index in [4.69, 9.17) is 9.89 Å². The number of nitrogens with zero attached hydrogens (tertiary/aromatic N) is 5. The SMILES string of the molecule is C=O.CNc1c(C)c(-c2cnc3c(cnn3C)c2)nn1-c1ccccc1. The third-order valence-electron chi connectivity index (χ3n) is 4.20. The first-order chi connectivity index (χ1) is 12.7. The summed E-state index contributed by atoms with van der Waals surface area (Å²) in [5.41, 5.74) is 4.88. The summed E-state index contributed by atoms with van der Waals surface area (Å²) in [6.45, 7) is 4.07. The monoisotopic (exact) mass is 348 g/mol. The molecule has 0 saturated heterocycles. The van der Waals surface area contributed by atoms with Crippen LogP contribution < -0.4 is 5.32 Å². The highest BCUT2D eigenvalue weighted by molar-refractivity contribution is 5.81. The second-order valence-electron chi connectivity index (χ2n) is 5.72. The quantitative estimate of drug-likeness (QED) is 0.616. The Morgan fingerprint density at radius 3 is 2.54 bits per heavy atom. The first kappa shape index (κ1) is 17.3. The molecule has 1 N–H and O–H groups in total. The van der Waals surface area contributed by atoms with E-state index in [1.807, 2.05) is 68.3 Å². The van der Waals surface area contributed by atoms with Gasteiger partial charge in [-0.25, -0.2) is 9.67 Å². The number of aryl methyl sites for hydroxylation is 1. The van der Waals surface area contributed by atoms with E-state index in [9.17, 15) is 0 Å². The maximum Gasteiger partial charge on any atom is 0.157 e. The first-order valence-electron chi connectivity index (χ1n) is 8.09. The van der Waals surface area contributed by atoms with Gasteiger partial charge in [-0.2, -0.15) is 10.2 Å². The Morgan fingerprint density at radius 1 is 1.12 bits per heavy atom. The minimum Gasteiger partial charge on any atom is -0.373 e. The number of carbonyl (C=O) groups is 1. The van der Waals surface area contributed by atoms with E-state index in [-0.39, 0.29) is 0 Å². The number of hydrogen-bond acceptors (Lipinski definition) is 5. The predicted molar refractivity (Wildman–Crippen MR) is 102 cm³/mol. The lowest BCUT2D eigenvalue weighted by molar-refractivity contribution is -0.0979. The van der Waals surface area contributed by atoms with Crippen LogP contribution in [0, 0.1) is 6.92 Å². The van der Waals surface area contributed by atoms with E-state index >= 15 is 0 Å². The van der Waals surface area contributed by atoms with Gasteiger partial charge in [-0.3, -0.25) is 4.68 Å². The molecule has 0 amide bonds.